The molecule has 0 rings (SSSR count). The number of carbonyl (C=O) groups is 1. The fourth-order valence-corrected chi connectivity index (χ4v) is 0.249. The van der Waals surface area contributed by atoms with Crippen molar-refractivity contribution < 1.29 is 9.53 Å². The third-order valence-electron chi connectivity index (χ3n) is 0.872. The Labute approximate surface area is 49.1 Å². The minimum Gasteiger partial charge on any atom is -0.463 e. The molecule has 0 fully saturated rings. The average Bonchev–Trinajstić information content (AvgIpc) is 1.83. The number of ether oxygens (including phenoxy) is 1. The Bertz CT molecular complexity index is 94.7. The number of hydrogen-bond acceptors (Lipinski definition) is 2. The minimum absolute atomic E-state index is 0.417. The van der Waals surface area contributed by atoms with E-state index in [0.29, 0.717) is 13.1 Å². The lowest BCUT2D eigenvalue weighted by molar-refractivity contribution is -0.127. The van der Waals surface area contributed by atoms with Crippen LogP contribution < -0.4 is 0 Å². The maximum atomic E-state index is 9.58. The van der Waals surface area contributed by atoms with E-state index in [1.54, 1.807) is 0 Å². The standard InChI is InChI=1S/C6H10O2/c1-3-6(2)4-8-5-7/h3,5H,4H2,1-2H3/b6-3+. The number of allylic oxidation sites excluding steroid dienone is 1. The van der Waals surface area contributed by atoms with Gasteiger partial charge in [0, 0.05) is 0 Å². The summed E-state index contributed by atoms with van der Waals surface area (Å²) in [6.45, 7) is 4.68. The zero-order chi connectivity index (χ0) is 6.41. The van der Waals surface area contributed by atoms with Gasteiger partial charge in [-0.3, -0.25) is 4.79 Å². The van der Waals surface area contributed by atoms with Gasteiger partial charge in [0.2, 0.25) is 0 Å². The fraction of sp³-hybridized carbons (Fsp3) is 0.500. The molecule has 46 valence electrons. The van der Waals surface area contributed by atoms with Crippen molar-refractivity contribution in [2.75, 3.05) is 6.61 Å². The van der Waals surface area contributed by atoms with Crippen LogP contribution in [0.15, 0.2) is 11.6 Å². The predicted molar refractivity (Wildman–Crippen MR) is 31.4 cm³/mol. The van der Waals surface area contributed by atoms with Crippen LogP contribution in [-0.4, -0.2) is 13.1 Å². The van der Waals surface area contributed by atoms with E-state index in [4.69, 9.17) is 0 Å². The van der Waals surface area contributed by atoms with Crippen LogP contribution in [0, 0.1) is 0 Å². The van der Waals surface area contributed by atoms with Crippen LogP contribution in [0.1, 0.15) is 13.8 Å². The molecule has 0 spiro atoms. The highest BCUT2D eigenvalue weighted by molar-refractivity contribution is 5.37. The second-order valence-electron chi connectivity index (χ2n) is 1.54. The molecule has 0 bridgehead atoms. The second kappa shape index (κ2) is 4.37. The van der Waals surface area contributed by atoms with E-state index in [1.807, 2.05) is 19.9 Å². The maximum absolute atomic E-state index is 9.58. The Kier molecular flexibility index (Phi) is 3.94. The molecule has 2 nitrogen and oxygen atoms in total. The van der Waals surface area contributed by atoms with Crippen LogP contribution in [0.3, 0.4) is 0 Å². The highest BCUT2D eigenvalue weighted by Gasteiger charge is 1.82. The van der Waals surface area contributed by atoms with E-state index in [-0.39, 0.29) is 0 Å². The molecule has 0 aromatic carbocycles. The van der Waals surface area contributed by atoms with Gasteiger partial charge in [-0.15, -0.1) is 0 Å². The Morgan fingerprint density at radius 1 is 1.75 bits per heavy atom. The Hall–Kier alpha value is -0.790. The Morgan fingerprint density at radius 2 is 2.38 bits per heavy atom. The first kappa shape index (κ1) is 7.21. The predicted octanol–water partition coefficient (Wildman–Crippen LogP) is 1.13. The highest BCUT2D eigenvalue weighted by Crippen LogP contribution is 1.89. The first-order valence-electron chi connectivity index (χ1n) is 2.48. The molecular weight excluding hydrogens is 104 g/mol. The molecule has 0 aromatic heterocycles. The van der Waals surface area contributed by atoms with E-state index in [2.05, 4.69) is 4.74 Å². The third-order valence-corrected chi connectivity index (χ3v) is 0.872. The number of hydrogen-bond donors (Lipinski definition) is 0. The molecule has 0 N–H and O–H groups in total. The van der Waals surface area contributed by atoms with Crippen molar-refractivity contribution in [1.82, 2.24) is 0 Å². The van der Waals surface area contributed by atoms with Crippen LogP contribution in [-0.2, 0) is 9.53 Å². The molecule has 0 heterocycles. The number of rotatable bonds is 3. The summed E-state index contributed by atoms with van der Waals surface area (Å²) in [6, 6.07) is 0. The van der Waals surface area contributed by atoms with E-state index in [9.17, 15) is 4.79 Å². The monoisotopic (exact) mass is 114 g/mol. The first-order chi connectivity index (χ1) is 3.81. The minimum atomic E-state index is 0.417. The summed E-state index contributed by atoms with van der Waals surface area (Å²) >= 11 is 0. The molecule has 0 aliphatic carbocycles. The van der Waals surface area contributed by atoms with Crippen molar-refractivity contribution in [3.63, 3.8) is 0 Å². The summed E-state index contributed by atoms with van der Waals surface area (Å²) in [6.07, 6.45) is 1.91. The molecule has 0 aromatic rings. The molecule has 0 atom stereocenters. The maximum Gasteiger partial charge on any atom is 0.293 e. The van der Waals surface area contributed by atoms with Crippen molar-refractivity contribution in [1.29, 1.82) is 0 Å². The summed E-state index contributed by atoms with van der Waals surface area (Å²) in [5, 5.41) is 0. The summed E-state index contributed by atoms with van der Waals surface area (Å²) in [7, 11) is 0. The second-order valence-corrected chi connectivity index (χ2v) is 1.54. The topological polar surface area (TPSA) is 26.3 Å². The van der Waals surface area contributed by atoms with Crippen LogP contribution in [0.2, 0.25) is 0 Å². The van der Waals surface area contributed by atoms with Gasteiger partial charge in [0.15, 0.2) is 0 Å². The third kappa shape index (κ3) is 3.40. The van der Waals surface area contributed by atoms with Crippen molar-refractivity contribution in [2.24, 2.45) is 0 Å². The zero-order valence-corrected chi connectivity index (χ0v) is 5.18. The highest BCUT2D eigenvalue weighted by atomic mass is 16.5. The summed E-state index contributed by atoms with van der Waals surface area (Å²) in [5.74, 6) is 0. The normalized spacial score (nSPS) is 11.0. The molecule has 0 unspecified atom stereocenters. The number of carbonyl (C=O) groups excluding carboxylic acids is 1. The Morgan fingerprint density at radius 3 is 2.75 bits per heavy atom. The van der Waals surface area contributed by atoms with Gasteiger partial charge in [-0.1, -0.05) is 6.08 Å². The lowest BCUT2D eigenvalue weighted by Crippen LogP contribution is -1.91. The van der Waals surface area contributed by atoms with Crippen LogP contribution in [0.5, 0.6) is 0 Å². The van der Waals surface area contributed by atoms with Crippen LogP contribution in [0.25, 0.3) is 0 Å². The van der Waals surface area contributed by atoms with E-state index < -0.39 is 0 Å². The smallest absolute Gasteiger partial charge is 0.293 e. The molecule has 2 heteroatoms. The van der Waals surface area contributed by atoms with Gasteiger partial charge in [0.25, 0.3) is 6.47 Å². The summed E-state index contributed by atoms with van der Waals surface area (Å²) < 4.78 is 4.44. The van der Waals surface area contributed by atoms with E-state index in [1.165, 1.54) is 0 Å². The van der Waals surface area contributed by atoms with Gasteiger partial charge in [-0.05, 0) is 19.4 Å². The summed E-state index contributed by atoms with van der Waals surface area (Å²) in [5.41, 5.74) is 1.07. The molecule has 0 amide bonds. The fourth-order valence-electron chi connectivity index (χ4n) is 0.249. The largest absolute Gasteiger partial charge is 0.463 e. The van der Waals surface area contributed by atoms with Crippen LogP contribution in [0.4, 0.5) is 0 Å². The van der Waals surface area contributed by atoms with Crippen molar-refractivity contribution in [3.8, 4) is 0 Å². The summed E-state index contributed by atoms with van der Waals surface area (Å²) in [4.78, 5) is 9.58. The van der Waals surface area contributed by atoms with Crippen molar-refractivity contribution in [3.05, 3.63) is 11.6 Å². The lowest BCUT2D eigenvalue weighted by atomic mass is 10.3. The van der Waals surface area contributed by atoms with E-state index >= 15 is 0 Å². The lowest BCUT2D eigenvalue weighted by Gasteiger charge is -1.94. The molecule has 8 heavy (non-hydrogen) atoms. The Balaban J connectivity index is 3.24. The average molecular weight is 114 g/mol. The van der Waals surface area contributed by atoms with Gasteiger partial charge in [-0.2, -0.15) is 0 Å². The van der Waals surface area contributed by atoms with E-state index in [0.717, 1.165) is 5.57 Å². The van der Waals surface area contributed by atoms with Gasteiger partial charge < -0.3 is 4.74 Å². The van der Waals surface area contributed by atoms with Gasteiger partial charge >= 0.3 is 0 Å². The molecule has 0 aliphatic heterocycles. The van der Waals surface area contributed by atoms with Gasteiger partial charge in [-0.25, -0.2) is 0 Å². The van der Waals surface area contributed by atoms with Gasteiger partial charge in [0.05, 0.1) is 0 Å². The molecule has 0 saturated carbocycles. The molecule has 0 saturated heterocycles. The quantitative estimate of drug-likeness (QED) is 0.406. The molecule has 0 radical (unpaired) electrons. The van der Waals surface area contributed by atoms with Crippen molar-refractivity contribution in [2.45, 2.75) is 13.8 Å². The SMILES string of the molecule is C/C=C(\C)COC=O. The molecular formula is C6H10O2. The van der Waals surface area contributed by atoms with Crippen LogP contribution >= 0.6 is 0 Å². The first-order valence-corrected chi connectivity index (χ1v) is 2.48. The van der Waals surface area contributed by atoms with Gasteiger partial charge in [0.1, 0.15) is 6.61 Å². The van der Waals surface area contributed by atoms with Crippen molar-refractivity contribution >= 4 is 6.47 Å². The zero-order valence-electron chi connectivity index (χ0n) is 5.18. The molecule has 0 aliphatic rings.